The zero-order valence-electron chi connectivity index (χ0n) is 6.09. The molecule has 0 aliphatic rings. The number of hydrogen-bond acceptors (Lipinski definition) is 3. The number of aliphatic hydroxyl groups is 1. The van der Waals surface area contributed by atoms with E-state index in [-0.39, 0.29) is 5.57 Å². The van der Waals surface area contributed by atoms with Crippen molar-refractivity contribution >= 4 is 5.91 Å². The van der Waals surface area contributed by atoms with Gasteiger partial charge in [0.05, 0.1) is 0 Å². The van der Waals surface area contributed by atoms with E-state index in [2.05, 4.69) is 6.58 Å². The number of nitrogens with zero attached hydrogens (tertiary/aromatic N) is 1. The summed E-state index contributed by atoms with van der Waals surface area (Å²) in [5.74, 6) is -1.40. The zero-order valence-corrected chi connectivity index (χ0v) is 6.09. The monoisotopic (exact) mass is 152 g/mol. The Morgan fingerprint density at radius 2 is 2.18 bits per heavy atom. The van der Waals surface area contributed by atoms with Crippen LogP contribution in [-0.4, -0.2) is 11.0 Å². The molecule has 1 amide bonds. The Balaban J connectivity index is 5.04. The van der Waals surface area contributed by atoms with E-state index in [1.807, 2.05) is 0 Å². The molecule has 0 spiro atoms. The maximum Gasteiger partial charge on any atom is 0.263 e. The number of aliphatic hydroxyl groups excluding tert-OH is 1. The third kappa shape index (κ3) is 2.14. The van der Waals surface area contributed by atoms with Gasteiger partial charge < -0.3 is 10.8 Å². The van der Waals surface area contributed by atoms with Gasteiger partial charge in [0, 0.05) is 0 Å². The molecule has 0 radical (unpaired) electrons. The first-order valence-corrected chi connectivity index (χ1v) is 2.79. The lowest BCUT2D eigenvalue weighted by Crippen LogP contribution is -2.15. The maximum absolute atomic E-state index is 10.4. The first kappa shape index (κ1) is 9.24. The van der Waals surface area contributed by atoms with Crippen LogP contribution in [0.5, 0.6) is 0 Å². The number of nitriles is 1. The van der Waals surface area contributed by atoms with Gasteiger partial charge >= 0.3 is 0 Å². The smallest absolute Gasteiger partial charge is 0.263 e. The summed E-state index contributed by atoms with van der Waals surface area (Å²) in [4.78, 5) is 10.4. The van der Waals surface area contributed by atoms with Crippen molar-refractivity contribution in [3.05, 3.63) is 23.5 Å². The second-order valence-corrected chi connectivity index (χ2v) is 1.98. The summed E-state index contributed by atoms with van der Waals surface area (Å²) in [6.45, 7) is 4.81. The Labute approximate surface area is 64.2 Å². The van der Waals surface area contributed by atoms with Crippen molar-refractivity contribution < 1.29 is 9.90 Å². The SMILES string of the molecule is C=C(C)C(O)=C(C#N)C(N)=O. The van der Waals surface area contributed by atoms with Crippen molar-refractivity contribution in [2.24, 2.45) is 5.73 Å². The molecule has 0 aromatic heterocycles. The van der Waals surface area contributed by atoms with Crippen LogP contribution in [0.3, 0.4) is 0 Å². The minimum absolute atomic E-state index is 0.236. The molecular formula is C7H8N2O2. The lowest BCUT2D eigenvalue weighted by molar-refractivity contribution is -0.114. The number of carbonyl (C=O) groups is 1. The zero-order chi connectivity index (χ0) is 9.02. The molecule has 0 unspecified atom stereocenters. The van der Waals surface area contributed by atoms with Crippen LogP contribution in [0.1, 0.15) is 6.92 Å². The lowest BCUT2D eigenvalue weighted by atomic mass is 10.1. The van der Waals surface area contributed by atoms with E-state index in [9.17, 15) is 4.79 Å². The highest BCUT2D eigenvalue weighted by Gasteiger charge is 2.10. The van der Waals surface area contributed by atoms with Gasteiger partial charge in [-0.25, -0.2) is 0 Å². The second-order valence-electron chi connectivity index (χ2n) is 1.98. The third-order valence-electron chi connectivity index (χ3n) is 0.999. The first-order chi connectivity index (χ1) is 5.00. The normalized spacial score (nSPS) is 11.3. The van der Waals surface area contributed by atoms with Gasteiger partial charge in [-0.15, -0.1) is 0 Å². The Bertz CT molecular complexity index is 271. The van der Waals surface area contributed by atoms with Gasteiger partial charge in [-0.1, -0.05) is 6.58 Å². The van der Waals surface area contributed by atoms with Gasteiger partial charge in [-0.2, -0.15) is 5.26 Å². The lowest BCUT2D eigenvalue weighted by Gasteiger charge is -1.97. The summed E-state index contributed by atoms with van der Waals surface area (Å²) in [6, 6.07) is 1.48. The minimum Gasteiger partial charge on any atom is -0.506 e. The van der Waals surface area contributed by atoms with Crippen LogP contribution in [0.15, 0.2) is 23.5 Å². The van der Waals surface area contributed by atoms with Crippen LogP contribution < -0.4 is 5.73 Å². The number of hydrogen-bond donors (Lipinski definition) is 2. The molecule has 0 aliphatic heterocycles. The predicted octanol–water partition coefficient (Wildman–Crippen LogP) is 0.383. The molecule has 58 valence electrons. The van der Waals surface area contributed by atoms with Crippen LogP contribution in [0.2, 0.25) is 0 Å². The largest absolute Gasteiger partial charge is 0.506 e. The predicted molar refractivity (Wildman–Crippen MR) is 39.3 cm³/mol. The molecule has 0 aromatic carbocycles. The van der Waals surface area contributed by atoms with Gasteiger partial charge in [0.1, 0.15) is 11.8 Å². The van der Waals surface area contributed by atoms with E-state index in [0.29, 0.717) is 0 Å². The van der Waals surface area contributed by atoms with Crippen LogP contribution in [0.25, 0.3) is 0 Å². The number of allylic oxidation sites excluding steroid dienone is 1. The number of carbonyl (C=O) groups excluding carboxylic acids is 1. The second kappa shape index (κ2) is 3.42. The van der Waals surface area contributed by atoms with Crippen LogP contribution in [-0.2, 0) is 4.79 Å². The Hall–Kier alpha value is -1.76. The molecular weight excluding hydrogens is 144 g/mol. The van der Waals surface area contributed by atoms with Gasteiger partial charge in [0.15, 0.2) is 5.57 Å². The van der Waals surface area contributed by atoms with Crippen LogP contribution in [0.4, 0.5) is 0 Å². The molecule has 0 saturated carbocycles. The quantitative estimate of drug-likeness (QED) is 0.259. The fourth-order valence-corrected chi connectivity index (χ4v) is 0.438. The van der Waals surface area contributed by atoms with E-state index in [1.165, 1.54) is 13.0 Å². The Morgan fingerprint density at radius 3 is 2.27 bits per heavy atom. The fourth-order valence-electron chi connectivity index (χ4n) is 0.438. The van der Waals surface area contributed by atoms with Crippen molar-refractivity contribution in [1.82, 2.24) is 0 Å². The Kier molecular flexibility index (Phi) is 2.87. The minimum atomic E-state index is -0.951. The van der Waals surface area contributed by atoms with E-state index in [0.717, 1.165) is 0 Å². The molecule has 0 fully saturated rings. The summed E-state index contributed by atoms with van der Waals surface area (Å²) >= 11 is 0. The molecule has 3 N–H and O–H groups in total. The average molecular weight is 152 g/mol. The molecule has 4 nitrogen and oxygen atoms in total. The molecule has 0 heterocycles. The molecule has 0 aromatic rings. The van der Waals surface area contributed by atoms with E-state index < -0.39 is 17.2 Å². The molecule has 4 heteroatoms. The van der Waals surface area contributed by atoms with Crippen molar-refractivity contribution in [3.63, 3.8) is 0 Å². The van der Waals surface area contributed by atoms with E-state index in [1.54, 1.807) is 0 Å². The summed E-state index contributed by atoms with van der Waals surface area (Å²) in [5.41, 5.74) is 4.54. The highest BCUT2D eigenvalue weighted by molar-refractivity contribution is 5.96. The number of rotatable bonds is 2. The molecule has 0 aliphatic carbocycles. The summed E-state index contributed by atoms with van der Waals surface area (Å²) in [7, 11) is 0. The van der Waals surface area contributed by atoms with E-state index in [4.69, 9.17) is 16.1 Å². The highest BCUT2D eigenvalue weighted by atomic mass is 16.3. The molecule has 0 rings (SSSR count). The molecule has 0 saturated heterocycles. The summed E-state index contributed by atoms with van der Waals surface area (Å²) < 4.78 is 0. The number of amides is 1. The van der Waals surface area contributed by atoms with Crippen LogP contribution in [0, 0.1) is 11.3 Å². The van der Waals surface area contributed by atoms with Crippen molar-refractivity contribution in [2.45, 2.75) is 6.92 Å². The Morgan fingerprint density at radius 1 is 1.73 bits per heavy atom. The van der Waals surface area contributed by atoms with Gasteiger partial charge in [-0.3, -0.25) is 4.79 Å². The maximum atomic E-state index is 10.4. The fraction of sp³-hybridized carbons (Fsp3) is 0.143. The van der Waals surface area contributed by atoms with Crippen LogP contribution >= 0.6 is 0 Å². The highest BCUT2D eigenvalue weighted by Crippen LogP contribution is 2.07. The number of primary amides is 1. The van der Waals surface area contributed by atoms with E-state index >= 15 is 0 Å². The standard InChI is InChI=1S/C7H8N2O2/c1-4(2)6(10)5(3-8)7(9)11/h10H,1H2,2H3,(H2,9,11). The van der Waals surface area contributed by atoms with Crippen molar-refractivity contribution in [2.75, 3.05) is 0 Å². The molecule has 0 bridgehead atoms. The summed E-state index contributed by atoms with van der Waals surface area (Å²) in [5, 5.41) is 17.3. The average Bonchev–Trinajstić information content (AvgIpc) is 1.88. The summed E-state index contributed by atoms with van der Waals surface area (Å²) in [6.07, 6.45) is 0. The number of nitrogens with two attached hydrogens (primary N) is 1. The van der Waals surface area contributed by atoms with Crippen molar-refractivity contribution in [3.8, 4) is 6.07 Å². The van der Waals surface area contributed by atoms with Gasteiger partial charge in [0.25, 0.3) is 5.91 Å². The van der Waals surface area contributed by atoms with Gasteiger partial charge in [-0.05, 0) is 12.5 Å². The molecule has 0 atom stereocenters. The van der Waals surface area contributed by atoms with Gasteiger partial charge in [0.2, 0.25) is 0 Å². The molecule has 11 heavy (non-hydrogen) atoms. The first-order valence-electron chi connectivity index (χ1n) is 2.79. The topological polar surface area (TPSA) is 87.1 Å². The third-order valence-corrected chi connectivity index (χ3v) is 0.999. The van der Waals surface area contributed by atoms with Crippen molar-refractivity contribution in [1.29, 1.82) is 5.26 Å².